The molecule has 138 valence electrons. The van der Waals surface area contributed by atoms with Crippen LogP contribution in [0.1, 0.15) is 79.6 Å². The van der Waals surface area contributed by atoms with Gasteiger partial charge >= 0.3 is 0 Å². The lowest BCUT2D eigenvalue weighted by Crippen LogP contribution is -2.55. The lowest BCUT2D eigenvalue weighted by Gasteiger charge is -2.61. The molecule has 2 aliphatic carbocycles. The highest BCUT2D eigenvalue weighted by molar-refractivity contribution is 5.60. The van der Waals surface area contributed by atoms with Crippen molar-refractivity contribution < 1.29 is 14.3 Å². The van der Waals surface area contributed by atoms with Crippen LogP contribution in [0.3, 0.4) is 0 Å². The Morgan fingerprint density at radius 1 is 1.00 bits per heavy atom. The van der Waals surface area contributed by atoms with Gasteiger partial charge in [-0.25, -0.2) is 0 Å². The van der Waals surface area contributed by atoms with Crippen molar-refractivity contribution in [1.82, 2.24) is 0 Å². The minimum atomic E-state index is -0.447. The van der Waals surface area contributed by atoms with E-state index in [4.69, 9.17) is 9.47 Å². The summed E-state index contributed by atoms with van der Waals surface area (Å²) < 4.78 is 11.7. The van der Waals surface area contributed by atoms with Crippen LogP contribution in [-0.2, 0) is 14.3 Å². The number of fused-ring (bicyclic) bond motifs is 1. The van der Waals surface area contributed by atoms with Crippen molar-refractivity contribution in [2.45, 2.75) is 85.4 Å². The first-order chi connectivity index (χ1) is 11.2. The summed E-state index contributed by atoms with van der Waals surface area (Å²) in [6.07, 6.45) is 9.27. The van der Waals surface area contributed by atoms with E-state index >= 15 is 0 Å². The van der Waals surface area contributed by atoms with E-state index in [2.05, 4.69) is 34.6 Å². The first-order valence-electron chi connectivity index (χ1n) is 9.90. The second-order valence-corrected chi connectivity index (χ2v) is 9.98. The zero-order chi connectivity index (χ0) is 17.6. The molecule has 1 heterocycles. The number of carbonyl (C=O) groups is 1. The molecule has 0 amide bonds. The Balaban J connectivity index is 1.86. The van der Waals surface area contributed by atoms with Gasteiger partial charge in [-0.3, -0.25) is 0 Å². The van der Waals surface area contributed by atoms with Gasteiger partial charge in [-0.2, -0.15) is 0 Å². The van der Waals surface area contributed by atoms with Crippen molar-refractivity contribution in [2.24, 2.45) is 28.1 Å². The molecule has 3 heteroatoms. The summed E-state index contributed by atoms with van der Waals surface area (Å²) in [7, 11) is 0. The molecule has 24 heavy (non-hydrogen) atoms. The van der Waals surface area contributed by atoms with Gasteiger partial charge in [0, 0.05) is 11.8 Å². The van der Waals surface area contributed by atoms with Crippen LogP contribution in [0.4, 0.5) is 0 Å². The van der Waals surface area contributed by atoms with Crippen LogP contribution in [0.15, 0.2) is 0 Å². The van der Waals surface area contributed by atoms with Crippen LogP contribution in [0.5, 0.6) is 0 Å². The number of hydrogen-bond donors (Lipinski definition) is 0. The molecule has 0 N–H and O–H groups in total. The minimum Gasteiger partial charge on any atom is -0.348 e. The van der Waals surface area contributed by atoms with Gasteiger partial charge in [0.2, 0.25) is 0 Å². The van der Waals surface area contributed by atoms with Crippen molar-refractivity contribution in [3.63, 3.8) is 0 Å². The van der Waals surface area contributed by atoms with Gasteiger partial charge in [0.1, 0.15) is 6.29 Å². The average molecular weight is 337 g/mol. The summed E-state index contributed by atoms with van der Waals surface area (Å²) in [6.45, 7) is 13.0. The molecule has 4 atom stereocenters. The van der Waals surface area contributed by atoms with E-state index in [0.717, 1.165) is 25.2 Å². The van der Waals surface area contributed by atoms with Gasteiger partial charge < -0.3 is 14.3 Å². The predicted molar refractivity (Wildman–Crippen MR) is 95.7 cm³/mol. The van der Waals surface area contributed by atoms with E-state index in [1.165, 1.54) is 32.0 Å². The van der Waals surface area contributed by atoms with Crippen molar-refractivity contribution in [2.75, 3.05) is 13.2 Å². The Bertz CT molecular complexity index is 479. The highest BCUT2D eigenvalue weighted by atomic mass is 16.7. The molecule has 2 saturated carbocycles. The normalized spacial score (nSPS) is 44.0. The van der Waals surface area contributed by atoms with Crippen LogP contribution in [0.2, 0.25) is 0 Å². The first-order valence-corrected chi connectivity index (χ1v) is 9.90. The third-order valence-corrected chi connectivity index (χ3v) is 7.89. The van der Waals surface area contributed by atoms with Gasteiger partial charge in [0.15, 0.2) is 5.79 Å². The molecule has 0 unspecified atom stereocenters. The van der Waals surface area contributed by atoms with Crippen molar-refractivity contribution in [1.29, 1.82) is 0 Å². The van der Waals surface area contributed by atoms with Gasteiger partial charge in [0.05, 0.1) is 13.2 Å². The maximum absolute atomic E-state index is 12.1. The molecule has 0 bridgehead atoms. The van der Waals surface area contributed by atoms with Gasteiger partial charge in [-0.1, -0.05) is 34.1 Å². The number of rotatable bonds is 4. The standard InChI is InChI=1S/C21H36O3/c1-18(2)9-6-10-20(4)16(18)7-11-19(3,15-22)17(20)8-12-21(5)23-13-14-24-21/h15-17H,6-14H2,1-5H3/t16-,17-,19+,20-/m0/s1. The largest absolute Gasteiger partial charge is 0.348 e. The molecule has 0 aromatic heterocycles. The molecule has 1 aliphatic heterocycles. The average Bonchev–Trinajstić information content (AvgIpc) is 2.92. The molecule has 0 aromatic rings. The molecule has 3 fully saturated rings. The molecule has 3 rings (SSSR count). The van der Waals surface area contributed by atoms with E-state index in [1.54, 1.807) is 0 Å². The number of aldehydes is 1. The highest BCUT2D eigenvalue weighted by Gasteiger charge is 2.58. The third-order valence-electron chi connectivity index (χ3n) is 7.89. The molecular formula is C21H36O3. The number of hydrogen-bond acceptors (Lipinski definition) is 3. The van der Waals surface area contributed by atoms with Crippen LogP contribution < -0.4 is 0 Å². The molecule has 0 radical (unpaired) electrons. The Morgan fingerprint density at radius 3 is 2.29 bits per heavy atom. The monoisotopic (exact) mass is 336 g/mol. The summed E-state index contributed by atoms with van der Waals surface area (Å²) in [5.74, 6) is 0.692. The Labute approximate surface area is 147 Å². The van der Waals surface area contributed by atoms with Crippen molar-refractivity contribution in [3.05, 3.63) is 0 Å². The SMILES string of the molecule is CC1(CC[C@@H]2[C@@]3(C)CCCC(C)(C)[C@@H]3CC[C@]2(C)C=O)OCCO1. The fourth-order valence-electron chi connectivity index (χ4n) is 6.59. The maximum Gasteiger partial charge on any atom is 0.165 e. The quantitative estimate of drug-likeness (QED) is 0.679. The van der Waals surface area contributed by atoms with Crippen LogP contribution >= 0.6 is 0 Å². The van der Waals surface area contributed by atoms with Gasteiger partial charge in [0.25, 0.3) is 0 Å². The first kappa shape index (κ1) is 18.4. The smallest absolute Gasteiger partial charge is 0.165 e. The van der Waals surface area contributed by atoms with E-state index < -0.39 is 5.79 Å². The molecular weight excluding hydrogens is 300 g/mol. The molecule has 0 spiro atoms. The van der Waals surface area contributed by atoms with E-state index in [1.807, 2.05) is 0 Å². The summed E-state index contributed by atoms with van der Waals surface area (Å²) in [4.78, 5) is 12.1. The highest BCUT2D eigenvalue weighted by Crippen LogP contribution is 2.64. The predicted octanol–water partition coefficient (Wildman–Crippen LogP) is 4.98. The van der Waals surface area contributed by atoms with Gasteiger partial charge in [-0.15, -0.1) is 0 Å². The van der Waals surface area contributed by atoms with Crippen LogP contribution in [0.25, 0.3) is 0 Å². The number of ether oxygens (including phenoxy) is 2. The molecule has 0 aromatic carbocycles. The zero-order valence-electron chi connectivity index (χ0n) is 16.3. The lowest BCUT2D eigenvalue weighted by atomic mass is 9.43. The Kier molecular flexibility index (Phi) is 4.66. The summed E-state index contributed by atoms with van der Waals surface area (Å²) in [5.41, 5.74) is 0.442. The summed E-state index contributed by atoms with van der Waals surface area (Å²) in [6, 6.07) is 0. The lowest BCUT2D eigenvalue weighted by molar-refractivity contribution is -0.171. The second-order valence-electron chi connectivity index (χ2n) is 9.98. The minimum absolute atomic E-state index is 0.201. The van der Waals surface area contributed by atoms with Crippen LogP contribution in [-0.4, -0.2) is 25.3 Å². The third kappa shape index (κ3) is 2.96. The second kappa shape index (κ2) is 6.09. The molecule has 3 nitrogen and oxygen atoms in total. The summed E-state index contributed by atoms with van der Waals surface area (Å²) >= 11 is 0. The van der Waals surface area contributed by atoms with Crippen LogP contribution in [0, 0.1) is 28.1 Å². The van der Waals surface area contributed by atoms with Crippen molar-refractivity contribution >= 4 is 6.29 Å². The fourth-order valence-corrected chi connectivity index (χ4v) is 6.59. The van der Waals surface area contributed by atoms with Crippen molar-refractivity contribution in [3.8, 4) is 0 Å². The summed E-state index contributed by atoms with van der Waals surface area (Å²) in [5, 5.41) is 0. The maximum atomic E-state index is 12.1. The van der Waals surface area contributed by atoms with E-state index in [9.17, 15) is 4.79 Å². The Morgan fingerprint density at radius 2 is 1.67 bits per heavy atom. The van der Waals surface area contributed by atoms with E-state index in [-0.39, 0.29) is 10.8 Å². The molecule has 3 aliphatic rings. The topological polar surface area (TPSA) is 35.5 Å². The fraction of sp³-hybridized carbons (Fsp3) is 0.952. The molecule has 1 saturated heterocycles. The number of carbonyl (C=O) groups excluding carboxylic acids is 1. The zero-order valence-corrected chi connectivity index (χ0v) is 16.3. The van der Waals surface area contributed by atoms with E-state index in [0.29, 0.717) is 24.5 Å². The van der Waals surface area contributed by atoms with Gasteiger partial charge in [-0.05, 0) is 61.7 Å². The Hall–Kier alpha value is -0.410.